The van der Waals surface area contributed by atoms with Crippen LogP contribution >= 0.6 is 0 Å². The van der Waals surface area contributed by atoms with Gasteiger partial charge in [-0.05, 0) is 18.9 Å². The molecule has 0 atom stereocenters. The molecule has 0 aliphatic heterocycles. The van der Waals surface area contributed by atoms with Gasteiger partial charge in [0.15, 0.2) is 5.96 Å². The minimum absolute atomic E-state index is 0.00891. The molecule has 0 spiro atoms. The quantitative estimate of drug-likeness (QED) is 0.448. The van der Waals surface area contributed by atoms with Gasteiger partial charge in [-0.2, -0.15) is 0 Å². The highest BCUT2D eigenvalue weighted by Gasteiger charge is 1.95. The molecule has 0 aliphatic carbocycles. The van der Waals surface area contributed by atoms with E-state index in [-0.39, 0.29) is 42.0 Å². The molecule has 0 unspecified atom stereocenters. The van der Waals surface area contributed by atoms with Crippen LogP contribution in [0.3, 0.4) is 0 Å². The molecule has 0 radical (unpaired) electrons. The Hall–Kier alpha value is -1.84. The number of rotatable bonds is 3. The van der Waals surface area contributed by atoms with Crippen LogP contribution in [0.1, 0.15) is 19.3 Å². The number of hydrogen-bond donors (Lipinski definition) is 4. The number of amidine groups is 1. The van der Waals surface area contributed by atoms with Crippen LogP contribution in [0.4, 0.5) is 0 Å². The van der Waals surface area contributed by atoms with Crippen molar-refractivity contribution in [3.8, 4) is 0 Å². The predicted octanol–water partition coefficient (Wildman–Crippen LogP) is 1.34. The summed E-state index contributed by atoms with van der Waals surface area (Å²) in [6.07, 6.45) is -1.97. The molecule has 80 valence electrons. The van der Waals surface area contributed by atoms with E-state index in [2.05, 4.69) is 10.6 Å². The fraction of sp³-hybridized carbons (Fsp3) is 0.273. The van der Waals surface area contributed by atoms with E-state index in [4.69, 9.17) is 17.7 Å². The average Bonchev–Trinajstić information content (AvgIpc) is 2.32. The Kier molecular flexibility index (Phi) is 2.28. The Balaban J connectivity index is 2.86. The summed E-state index contributed by atoms with van der Waals surface area (Å²) in [6.45, 7) is 1.17. The van der Waals surface area contributed by atoms with Crippen molar-refractivity contribution in [1.29, 1.82) is 10.8 Å². The molecule has 0 heterocycles. The molecular formula is C11H16N4. The Morgan fingerprint density at radius 3 is 3.07 bits per heavy atom. The van der Waals surface area contributed by atoms with E-state index in [1.165, 1.54) is 19.1 Å². The first-order valence-electron chi connectivity index (χ1n) is 6.87. The van der Waals surface area contributed by atoms with E-state index in [0.29, 0.717) is 0 Å². The summed E-state index contributed by atoms with van der Waals surface area (Å²) in [5.74, 6) is -0.160. The normalized spacial score (nSPS) is 15.1. The third kappa shape index (κ3) is 4.81. The van der Waals surface area contributed by atoms with Crippen molar-refractivity contribution in [3.63, 3.8) is 0 Å². The second-order valence-corrected chi connectivity index (χ2v) is 2.80. The molecule has 4 heteroatoms. The Morgan fingerprint density at radius 1 is 1.53 bits per heavy atom. The maximum atomic E-state index is 7.91. The van der Waals surface area contributed by atoms with Crippen LogP contribution in [-0.2, 0) is 6.37 Å². The Bertz CT molecular complexity index is 544. The zero-order chi connectivity index (χ0) is 15.5. The second-order valence-electron chi connectivity index (χ2n) is 2.80. The van der Waals surface area contributed by atoms with Gasteiger partial charge in [0.25, 0.3) is 0 Å². The van der Waals surface area contributed by atoms with E-state index in [1.807, 2.05) is 0 Å². The van der Waals surface area contributed by atoms with Gasteiger partial charge in [0.05, 0.1) is 9.95 Å². The van der Waals surface area contributed by atoms with Crippen LogP contribution in [0.5, 0.6) is 0 Å². The summed E-state index contributed by atoms with van der Waals surface area (Å²) in [6, 6.07) is 1.81. The lowest BCUT2D eigenvalue weighted by atomic mass is 10.1. The summed E-state index contributed by atoms with van der Waals surface area (Å²) >= 11 is 0. The van der Waals surface area contributed by atoms with Gasteiger partial charge < -0.3 is 10.6 Å². The van der Waals surface area contributed by atoms with Crippen molar-refractivity contribution in [2.45, 2.75) is 13.3 Å². The van der Waals surface area contributed by atoms with E-state index >= 15 is 0 Å². The van der Waals surface area contributed by atoms with E-state index in [0.717, 1.165) is 0 Å². The maximum absolute atomic E-state index is 7.91. The smallest absolute Gasteiger partial charge is 0.193 e. The molecule has 0 aliphatic rings. The molecule has 0 saturated heterocycles. The van der Waals surface area contributed by atoms with Crippen molar-refractivity contribution < 1.29 is 6.85 Å². The van der Waals surface area contributed by atoms with Crippen LogP contribution in [-0.4, -0.2) is 18.3 Å². The van der Waals surface area contributed by atoms with Gasteiger partial charge in [-0.15, -0.1) is 0 Å². The number of guanidine groups is 1. The molecule has 0 aromatic heterocycles. The third-order valence-electron chi connectivity index (χ3n) is 1.46. The van der Waals surface area contributed by atoms with Crippen LogP contribution in [0.2, 0.25) is 0 Å². The maximum Gasteiger partial charge on any atom is 0.193 e. The molecule has 0 fully saturated rings. The van der Waals surface area contributed by atoms with Crippen molar-refractivity contribution in [1.82, 2.24) is 10.6 Å². The van der Waals surface area contributed by atoms with E-state index in [9.17, 15) is 0 Å². The summed E-state index contributed by atoms with van der Waals surface area (Å²) in [5, 5.41) is 19.5. The molecule has 1 rings (SSSR count). The van der Waals surface area contributed by atoms with Crippen molar-refractivity contribution in [3.05, 3.63) is 35.8 Å². The first-order chi connectivity index (χ1) is 9.15. The van der Waals surface area contributed by atoms with Crippen LogP contribution < -0.4 is 10.6 Å². The van der Waals surface area contributed by atoms with Crippen LogP contribution in [0.15, 0.2) is 30.3 Å². The molecule has 1 aromatic rings. The molecule has 0 amide bonds. The lowest BCUT2D eigenvalue weighted by molar-refractivity contribution is 0.842. The number of nitrogens with one attached hydrogen (secondary N) is 4. The fourth-order valence-corrected chi connectivity index (χ4v) is 0.874. The molecule has 4 N–H and O–H groups in total. The molecule has 0 bridgehead atoms. The standard InChI is InChI=1S/C11H16N4/c1-9(12)15-11(13)14-8-7-10-5-3-2-4-6-10/h2-6H,7-8H2,1H3,(H4,12,13,14,15)/i2D,3D,5D,7D2. The average molecular weight is 209 g/mol. The minimum atomic E-state index is -1.97. The zero-order valence-electron chi connectivity index (χ0n) is 13.4. The first-order valence-corrected chi connectivity index (χ1v) is 4.37. The molecule has 1 aromatic carbocycles. The summed E-state index contributed by atoms with van der Waals surface area (Å²) in [4.78, 5) is 0. The highest BCUT2D eigenvalue weighted by Crippen LogP contribution is 1.97. The van der Waals surface area contributed by atoms with Crippen molar-refractivity contribution in [2.75, 3.05) is 6.54 Å². The lowest BCUT2D eigenvalue weighted by Crippen LogP contribution is -2.39. The summed E-state index contributed by atoms with van der Waals surface area (Å²) in [7, 11) is 0. The van der Waals surface area contributed by atoms with Crippen molar-refractivity contribution in [2.24, 2.45) is 0 Å². The monoisotopic (exact) mass is 209 g/mol. The first kappa shape index (κ1) is 5.90. The predicted molar refractivity (Wildman–Crippen MR) is 62.4 cm³/mol. The minimum Gasteiger partial charge on any atom is -0.356 e. The van der Waals surface area contributed by atoms with Gasteiger partial charge in [-0.3, -0.25) is 10.8 Å². The molecular weight excluding hydrogens is 188 g/mol. The van der Waals surface area contributed by atoms with Gasteiger partial charge in [-0.1, -0.05) is 30.3 Å². The fourth-order valence-electron chi connectivity index (χ4n) is 0.874. The van der Waals surface area contributed by atoms with Gasteiger partial charge in [0.1, 0.15) is 0 Å². The summed E-state index contributed by atoms with van der Waals surface area (Å²) in [5.41, 5.74) is -0.00891. The van der Waals surface area contributed by atoms with Crippen LogP contribution in [0, 0.1) is 10.8 Å². The largest absolute Gasteiger partial charge is 0.356 e. The highest BCUT2D eigenvalue weighted by molar-refractivity contribution is 5.95. The number of hydrogen-bond acceptors (Lipinski definition) is 2. The zero-order valence-corrected chi connectivity index (χ0v) is 8.36. The van der Waals surface area contributed by atoms with E-state index < -0.39 is 6.37 Å². The van der Waals surface area contributed by atoms with Gasteiger partial charge in [0, 0.05) is 9.29 Å². The Labute approximate surface area is 96.8 Å². The second kappa shape index (κ2) is 5.80. The lowest BCUT2D eigenvalue weighted by Gasteiger charge is -2.08. The van der Waals surface area contributed by atoms with Gasteiger partial charge in [0.2, 0.25) is 0 Å². The van der Waals surface area contributed by atoms with Crippen molar-refractivity contribution >= 4 is 11.8 Å². The van der Waals surface area contributed by atoms with Gasteiger partial charge >= 0.3 is 0 Å². The number of benzene rings is 1. The van der Waals surface area contributed by atoms with E-state index in [1.54, 1.807) is 0 Å². The third-order valence-corrected chi connectivity index (χ3v) is 1.46. The Morgan fingerprint density at radius 2 is 2.33 bits per heavy atom. The topological polar surface area (TPSA) is 71.8 Å². The summed E-state index contributed by atoms with van der Waals surface area (Å²) < 4.78 is 38.5. The highest BCUT2D eigenvalue weighted by atomic mass is 15.1. The van der Waals surface area contributed by atoms with Gasteiger partial charge in [-0.25, -0.2) is 0 Å². The molecule has 0 saturated carbocycles. The SMILES string of the molecule is [2H]c1ccc(C([2H])([2H])CNC(=N)NC(C)=N)c([2H])c1[2H]. The van der Waals surface area contributed by atoms with Crippen LogP contribution in [0.25, 0.3) is 0 Å². The molecule has 15 heavy (non-hydrogen) atoms. The molecule has 4 nitrogen and oxygen atoms in total.